The van der Waals surface area contributed by atoms with E-state index in [2.05, 4.69) is 20.3 Å². The highest BCUT2D eigenvalue weighted by Crippen LogP contribution is 2.38. The number of benzene rings is 2. The van der Waals surface area contributed by atoms with Crippen molar-refractivity contribution in [3.8, 4) is 34.5 Å². The van der Waals surface area contributed by atoms with Crippen LogP contribution in [0.3, 0.4) is 0 Å². The Kier molecular flexibility index (Phi) is 7.56. The van der Waals surface area contributed by atoms with Crippen LogP contribution in [0.15, 0.2) is 30.3 Å². The topological polar surface area (TPSA) is 97.2 Å². The van der Waals surface area contributed by atoms with Crippen LogP contribution in [0.1, 0.15) is 43.4 Å². The molecule has 0 radical (unpaired) electrons. The van der Waals surface area contributed by atoms with E-state index < -0.39 is 23.5 Å². The lowest BCUT2D eigenvalue weighted by atomic mass is 9.91. The number of aryl methyl sites for hydroxylation is 2. The Hall–Kier alpha value is -3.40. The Morgan fingerprint density at radius 3 is 2.32 bits per heavy atom. The molecule has 2 N–H and O–H groups in total. The van der Waals surface area contributed by atoms with Crippen LogP contribution in [-0.4, -0.2) is 38.7 Å². The van der Waals surface area contributed by atoms with Crippen molar-refractivity contribution < 1.29 is 27.8 Å². The lowest BCUT2D eigenvalue weighted by Gasteiger charge is -2.26. The van der Waals surface area contributed by atoms with Crippen molar-refractivity contribution in [2.75, 3.05) is 6.61 Å². The van der Waals surface area contributed by atoms with Crippen LogP contribution in [0.2, 0.25) is 5.02 Å². The molecule has 1 aliphatic rings. The van der Waals surface area contributed by atoms with E-state index in [9.17, 15) is 23.1 Å². The first-order valence-electron chi connectivity index (χ1n) is 12.1. The minimum Gasteiger partial charge on any atom is -0.493 e. The number of hydrogen-bond donors (Lipinski definition) is 2. The summed E-state index contributed by atoms with van der Waals surface area (Å²) in [6, 6.07) is 7.85. The Morgan fingerprint density at radius 2 is 1.71 bits per heavy atom. The molecule has 4 rings (SSSR count). The molecule has 202 valence electrons. The Labute approximate surface area is 223 Å². The van der Waals surface area contributed by atoms with E-state index in [1.807, 2.05) is 26.0 Å². The Morgan fingerprint density at radius 1 is 1.08 bits per heavy atom. The Bertz CT molecular complexity index is 1350. The minimum atomic E-state index is -4.70. The van der Waals surface area contributed by atoms with Gasteiger partial charge in [0.2, 0.25) is 5.91 Å². The zero-order chi connectivity index (χ0) is 27.8. The van der Waals surface area contributed by atoms with Gasteiger partial charge in [-0.1, -0.05) is 17.7 Å². The minimum absolute atomic E-state index is 0.0747. The van der Waals surface area contributed by atoms with Gasteiger partial charge in [0.1, 0.15) is 11.2 Å². The summed E-state index contributed by atoms with van der Waals surface area (Å²) < 4.78 is 45.5. The number of nitrogens with one attached hydrogen (secondary N) is 1. The molecule has 0 spiro atoms. The number of halogens is 4. The third-order valence-electron chi connectivity index (χ3n) is 6.50. The lowest BCUT2D eigenvalue weighted by molar-refractivity contribution is -0.211. The molecule has 7 nitrogen and oxygen atoms in total. The number of hydrogen-bond acceptors (Lipinski definition) is 6. The molecule has 3 aromatic rings. The van der Waals surface area contributed by atoms with Crippen molar-refractivity contribution in [2.45, 2.75) is 53.3 Å². The summed E-state index contributed by atoms with van der Waals surface area (Å²) in [6.07, 6.45) is -2.32. The van der Waals surface area contributed by atoms with E-state index in [4.69, 9.17) is 16.3 Å². The molecule has 1 aliphatic carbocycles. The number of alkyl halides is 3. The van der Waals surface area contributed by atoms with E-state index in [0.29, 0.717) is 29.2 Å². The van der Waals surface area contributed by atoms with Gasteiger partial charge in [-0.05, 0) is 87.4 Å². The van der Waals surface area contributed by atoms with Crippen molar-refractivity contribution in [3.05, 3.63) is 52.0 Å². The van der Waals surface area contributed by atoms with Gasteiger partial charge in [0.15, 0.2) is 11.6 Å². The summed E-state index contributed by atoms with van der Waals surface area (Å²) >= 11 is 6.38. The van der Waals surface area contributed by atoms with Gasteiger partial charge in [-0.2, -0.15) is 23.1 Å². The molecule has 1 heterocycles. The van der Waals surface area contributed by atoms with Crippen LogP contribution >= 0.6 is 11.6 Å². The van der Waals surface area contributed by atoms with E-state index >= 15 is 0 Å². The van der Waals surface area contributed by atoms with Crippen LogP contribution in [-0.2, 0) is 11.3 Å². The molecule has 1 amide bonds. The molecular formula is C27H28ClF3N4O3. The van der Waals surface area contributed by atoms with Gasteiger partial charge in [0, 0.05) is 17.7 Å². The van der Waals surface area contributed by atoms with Gasteiger partial charge < -0.3 is 15.2 Å². The average molecular weight is 549 g/mol. The summed E-state index contributed by atoms with van der Waals surface area (Å²) in [5, 5.41) is 12.8. The molecule has 0 unspecified atom stereocenters. The SMILES string of the molecule is Cc1cc(-c2nc(O)nc(-c3cc(CNC(=O)C(C)(C)C(F)(F)F)ccc3Cl)n2)cc(C)c1OCC1CC1. The smallest absolute Gasteiger partial charge is 0.402 e. The number of rotatable bonds is 8. The third kappa shape index (κ3) is 6.01. The fourth-order valence-electron chi connectivity index (χ4n) is 3.79. The summed E-state index contributed by atoms with van der Waals surface area (Å²) in [5.41, 5.74) is 0.698. The highest BCUT2D eigenvalue weighted by Gasteiger charge is 2.52. The van der Waals surface area contributed by atoms with Crippen molar-refractivity contribution in [3.63, 3.8) is 0 Å². The largest absolute Gasteiger partial charge is 0.493 e. The Balaban J connectivity index is 1.60. The first-order chi connectivity index (χ1) is 17.8. The van der Waals surface area contributed by atoms with Crippen molar-refractivity contribution in [1.29, 1.82) is 0 Å². The lowest BCUT2D eigenvalue weighted by Crippen LogP contribution is -2.46. The van der Waals surface area contributed by atoms with Gasteiger partial charge >= 0.3 is 12.2 Å². The summed E-state index contributed by atoms with van der Waals surface area (Å²) in [5.74, 6) is 0.559. The molecule has 1 saturated carbocycles. The summed E-state index contributed by atoms with van der Waals surface area (Å²) in [6.45, 7) is 6.00. The van der Waals surface area contributed by atoms with Crippen molar-refractivity contribution >= 4 is 17.5 Å². The number of carbonyl (C=O) groups is 1. The third-order valence-corrected chi connectivity index (χ3v) is 6.83. The highest BCUT2D eigenvalue weighted by molar-refractivity contribution is 6.33. The predicted octanol–water partition coefficient (Wildman–Crippen LogP) is 6.17. The van der Waals surface area contributed by atoms with Gasteiger partial charge in [-0.15, -0.1) is 0 Å². The maximum Gasteiger partial charge on any atom is 0.402 e. The molecule has 1 aromatic heterocycles. The van der Waals surface area contributed by atoms with Gasteiger partial charge in [-0.3, -0.25) is 4.79 Å². The second-order valence-electron chi connectivity index (χ2n) is 10.1. The molecule has 0 aliphatic heterocycles. The first-order valence-corrected chi connectivity index (χ1v) is 12.5. The molecule has 2 aromatic carbocycles. The number of aromatic hydroxyl groups is 1. The molecule has 38 heavy (non-hydrogen) atoms. The second-order valence-corrected chi connectivity index (χ2v) is 10.5. The summed E-state index contributed by atoms with van der Waals surface area (Å²) in [4.78, 5) is 24.8. The van der Waals surface area contributed by atoms with Gasteiger partial charge in [0.25, 0.3) is 0 Å². The van der Waals surface area contributed by atoms with Crippen molar-refractivity contribution in [1.82, 2.24) is 20.3 Å². The van der Waals surface area contributed by atoms with Crippen LogP contribution in [0.4, 0.5) is 13.2 Å². The molecule has 0 bridgehead atoms. The van der Waals surface area contributed by atoms with Crippen LogP contribution in [0.25, 0.3) is 22.8 Å². The maximum atomic E-state index is 13.2. The number of aromatic nitrogens is 3. The van der Waals surface area contributed by atoms with Crippen LogP contribution in [0.5, 0.6) is 11.8 Å². The monoisotopic (exact) mass is 548 g/mol. The van der Waals surface area contributed by atoms with Gasteiger partial charge in [-0.25, -0.2) is 4.98 Å². The molecule has 11 heteroatoms. The maximum absolute atomic E-state index is 13.2. The number of ether oxygens (including phenoxy) is 1. The molecular weight excluding hydrogens is 521 g/mol. The van der Waals surface area contributed by atoms with E-state index in [1.165, 1.54) is 18.9 Å². The van der Waals surface area contributed by atoms with Crippen LogP contribution in [0, 0.1) is 25.2 Å². The fraction of sp³-hybridized carbons (Fsp3) is 0.407. The second kappa shape index (κ2) is 10.4. The number of nitrogens with zero attached hydrogens (tertiary/aromatic N) is 3. The molecule has 0 atom stereocenters. The molecule has 0 saturated heterocycles. The average Bonchev–Trinajstić information content (AvgIpc) is 3.66. The number of amides is 1. The molecule has 1 fully saturated rings. The number of carbonyl (C=O) groups excluding carboxylic acids is 1. The zero-order valence-corrected chi connectivity index (χ0v) is 22.2. The predicted molar refractivity (Wildman–Crippen MR) is 137 cm³/mol. The zero-order valence-electron chi connectivity index (χ0n) is 21.4. The van der Waals surface area contributed by atoms with Crippen LogP contribution < -0.4 is 10.1 Å². The summed E-state index contributed by atoms with van der Waals surface area (Å²) in [7, 11) is 0. The quantitative estimate of drug-likeness (QED) is 0.349. The van der Waals surface area contributed by atoms with Crippen molar-refractivity contribution in [2.24, 2.45) is 11.3 Å². The van der Waals surface area contributed by atoms with Gasteiger partial charge in [0.05, 0.1) is 11.6 Å². The van der Waals surface area contributed by atoms with E-state index in [-0.39, 0.29) is 23.2 Å². The highest BCUT2D eigenvalue weighted by atomic mass is 35.5. The normalized spacial score (nSPS) is 13.9. The standard InChI is InChI=1S/C27H28ClF3N4O3/c1-14-9-18(10-15(2)21(14)38-13-16-5-6-16)22-33-23(35-25(37)34-22)19-11-17(7-8-20(19)28)12-32-24(36)26(3,4)27(29,30)31/h7-11,16H,5-6,12-13H2,1-4H3,(H,32,36)(H,33,34,35,37). The van der Waals surface area contributed by atoms with E-state index in [1.54, 1.807) is 12.1 Å². The van der Waals surface area contributed by atoms with E-state index in [0.717, 1.165) is 30.7 Å². The fourth-order valence-corrected chi connectivity index (χ4v) is 3.99. The first kappa shape index (κ1) is 27.6.